The molecule has 24 heavy (non-hydrogen) atoms. The molecular weight excluding hydrogens is 304 g/mol. The van der Waals surface area contributed by atoms with E-state index >= 15 is 0 Å². The van der Waals surface area contributed by atoms with Gasteiger partial charge in [0.05, 0.1) is 6.10 Å². The number of carbonyl (C=O) groups excluding carboxylic acids is 1. The van der Waals surface area contributed by atoms with E-state index in [1.165, 1.54) is 0 Å². The molecule has 0 radical (unpaired) electrons. The van der Waals surface area contributed by atoms with Gasteiger partial charge in [0.1, 0.15) is 5.78 Å². The van der Waals surface area contributed by atoms with Gasteiger partial charge in [0.15, 0.2) is 0 Å². The number of carboxylic acids is 1. The molecule has 0 bridgehead atoms. The number of aliphatic hydroxyl groups is 1. The van der Waals surface area contributed by atoms with Gasteiger partial charge in [-0.1, -0.05) is 57.6 Å². The molecule has 0 spiro atoms. The molecule has 1 saturated carbocycles. The molecule has 0 aliphatic heterocycles. The fourth-order valence-corrected chi connectivity index (χ4v) is 3.50. The Morgan fingerprint density at radius 2 is 1.96 bits per heavy atom. The Morgan fingerprint density at radius 1 is 1.21 bits per heavy atom. The maximum absolute atomic E-state index is 12.1. The Balaban J connectivity index is 2.28. The number of aliphatic hydroxyl groups excluding tert-OH is 1. The highest BCUT2D eigenvalue weighted by atomic mass is 16.4. The van der Waals surface area contributed by atoms with Gasteiger partial charge < -0.3 is 10.2 Å². The second-order valence-electron chi connectivity index (χ2n) is 7.07. The first-order valence-electron chi connectivity index (χ1n) is 9.65. The lowest BCUT2D eigenvalue weighted by Crippen LogP contribution is -2.14. The van der Waals surface area contributed by atoms with Gasteiger partial charge in [0.2, 0.25) is 0 Å². The minimum absolute atomic E-state index is 0.101. The Morgan fingerprint density at radius 3 is 2.67 bits per heavy atom. The van der Waals surface area contributed by atoms with Gasteiger partial charge in [-0.25, -0.2) is 0 Å². The predicted octanol–water partition coefficient (Wildman–Crippen LogP) is 4.50. The normalized spacial score (nSPS) is 22.3. The summed E-state index contributed by atoms with van der Waals surface area (Å²) in [4.78, 5) is 22.5. The standard InChI is InChI=1S/C20H34O4/c1-2-3-6-9-17(21)14-12-16-13-15-19(22)18(16)10-7-4-5-8-11-20(23)24/h12,14,16-18,21H,2-11,13,15H2,1H3,(H,23,24)/b14-12+/t16?,17?,18-/m1/s1. The zero-order chi connectivity index (χ0) is 17.8. The van der Waals surface area contributed by atoms with Gasteiger partial charge in [0, 0.05) is 18.8 Å². The molecule has 0 heterocycles. The summed E-state index contributed by atoms with van der Waals surface area (Å²) in [6, 6.07) is 0. The smallest absolute Gasteiger partial charge is 0.303 e. The van der Waals surface area contributed by atoms with Crippen molar-refractivity contribution in [1.82, 2.24) is 0 Å². The first-order chi connectivity index (χ1) is 11.5. The maximum atomic E-state index is 12.1. The minimum atomic E-state index is -0.733. The molecule has 2 N–H and O–H groups in total. The lowest BCUT2D eigenvalue weighted by Gasteiger charge is -2.15. The zero-order valence-corrected chi connectivity index (χ0v) is 15.1. The second kappa shape index (κ2) is 12.2. The minimum Gasteiger partial charge on any atom is -0.481 e. The van der Waals surface area contributed by atoms with Crippen LogP contribution in [0.5, 0.6) is 0 Å². The van der Waals surface area contributed by atoms with Crippen molar-refractivity contribution in [2.45, 2.75) is 90.1 Å². The van der Waals surface area contributed by atoms with Gasteiger partial charge in [-0.2, -0.15) is 0 Å². The molecule has 3 atom stereocenters. The molecule has 138 valence electrons. The van der Waals surface area contributed by atoms with Crippen LogP contribution in [0.25, 0.3) is 0 Å². The van der Waals surface area contributed by atoms with Crippen LogP contribution in [0.4, 0.5) is 0 Å². The number of carbonyl (C=O) groups is 2. The number of Topliss-reactive ketones (excluding diaryl/α,β-unsaturated/α-hetero) is 1. The third-order valence-electron chi connectivity index (χ3n) is 4.99. The lowest BCUT2D eigenvalue weighted by molar-refractivity contribution is -0.137. The highest BCUT2D eigenvalue weighted by Crippen LogP contribution is 2.34. The van der Waals surface area contributed by atoms with Gasteiger partial charge in [-0.3, -0.25) is 9.59 Å². The highest BCUT2D eigenvalue weighted by molar-refractivity contribution is 5.83. The van der Waals surface area contributed by atoms with Crippen LogP contribution in [0.1, 0.15) is 84.0 Å². The molecule has 0 aromatic rings. The van der Waals surface area contributed by atoms with Crippen LogP contribution in [0, 0.1) is 11.8 Å². The topological polar surface area (TPSA) is 74.6 Å². The number of aliphatic carboxylic acids is 1. The van der Waals surface area contributed by atoms with Crippen molar-refractivity contribution in [2.75, 3.05) is 0 Å². The number of carboxylic acid groups (broad SMARTS) is 1. The summed E-state index contributed by atoms with van der Waals surface area (Å²) < 4.78 is 0. The fourth-order valence-electron chi connectivity index (χ4n) is 3.50. The zero-order valence-electron chi connectivity index (χ0n) is 15.1. The second-order valence-corrected chi connectivity index (χ2v) is 7.07. The number of allylic oxidation sites excluding steroid dienone is 1. The predicted molar refractivity (Wildman–Crippen MR) is 95.8 cm³/mol. The van der Waals surface area contributed by atoms with Crippen LogP contribution < -0.4 is 0 Å². The Labute approximate surface area is 146 Å². The van der Waals surface area contributed by atoms with E-state index < -0.39 is 5.97 Å². The number of unbranched alkanes of at least 4 members (excludes halogenated alkanes) is 5. The van der Waals surface area contributed by atoms with E-state index in [2.05, 4.69) is 13.0 Å². The number of hydrogen-bond acceptors (Lipinski definition) is 3. The van der Waals surface area contributed by atoms with Crippen LogP contribution in [0.15, 0.2) is 12.2 Å². The molecule has 4 heteroatoms. The fraction of sp³-hybridized carbons (Fsp3) is 0.800. The summed E-state index contributed by atoms with van der Waals surface area (Å²) in [7, 11) is 0. The molecule has 0 amide bonds. The SMILES string of the molecule is CCCCCC(O)/C=C/C1CCC(=O)[C@@H]1CCCCCCC(=O)O. The molecule has 1 aliphatic carbocycles. The summed E-state index contributed by atoms with van der Waals surface area (Å²) in [6.45, 7) is 2.15. The van der Waals surface area contributed by atoms with Crippen LogP contribution in [0.3, 0.4) is 0 Å². The van der Waals surface area contributed by atoms with Crippen LogP contribution in [0.2, 0.25) is 0 Å². The third-order valence-corrected chi connectivity index (χ3v) is 4.99. The van der Waals surface area contributed by atoms with Crippen molar-refractivity contribution in [3.8, 4) is 0 Å². The van der Waals surface area contributed by atoms with Crippen molar-refractivity contribution in [2.24, 2.45) is 11.8 Å². The largest absolute Gasteiger partial charge is 0.481 e. The first-order valence-corrected chi connectivity index (χ1v) is 9.65. The molecular formula is C20H34O4. The Hall–Kier alpha value is -1.16. The van der Waals surface area contributed by atoms with Crippen molar-refractivity contribution < 1.29 is 19.8 Å². The monoisotopic (exact) mass is 338 g/mol. The van der Waals surface area contributed by atoms with Crippen LogP contribution in [-0.4, -0.2) is 28.1 Å². The van der Waals surface area contributed by atoms with Crippen molar-refractivity contribution in [1.29, 1.82) is 0 Å². The lowest BCUT2D eigenvalue weighted by atomic mass is 9.89. The summed E-state index contributed by atoms with van der Waals surface area (Å²) in [5, 5.41) is 18.6. The molecule has 0 aromatic carbocycles. The van der Waals surface area contributed by atoms with Gasteiger partial charge in [0.25, 0.3) is 0 Å². The number of rotatable bonds is 13. The maximum Gasteiger partial charge on any atom is 0.303 e. The van der Waals surface area contributed by atoms with Crippen molar-refractivity contribution in [3.05, 3.63) is 12.2 Å². The van der Waals surface area contributed by atoms with E-state index in [0.717, 1.165) is 64.2 Å². The molecule has 1 rings (SSSR count). The van der Waals surface area contributed by atoms with E-state index in [1.54, 1.807) is 0 Å². The van der Waals surface area contributed by atoms with E-state index in [9.17, 15) is 14.7 Å². The van der Waals surface area contributed by atoms with Gasteiger partial charge in [-0.15, -0.1) is 0 Å². The molecule has 2 unspecified atom stereocenters. The van der Waals surface area contributed by atoms with Crippen molar-refractivity contribution in [3.63, 3.8) is 0 Å². The Bertz CT molecular complexity index is 402. The Kier molecular flexibility index (Phi) is 10.6. The summed E-state index contributed by atoms with van der Waals surface area (Å²) >= 11 is 0. The van der Waals surface area contributed by atoms with E-state index in [4.69, 9.17) is 5.11 Å². The van der Waals surface area contributed by atoms with Crippen LogP contribution >= 0.6 is 0 Å². The average Bonchev–Trinajstić information content (AvgIpc) is 2.89. The average molecular weight is 338 g/mol. The summed E-state index contributed by atoms with van der Waals surface area (Å²) in [5.74, 6) is 0.000218. The molecule has 1 aliphatic rings. The summed E-state index contributed by atoms with van der Waals surface area (Å²) in [6.07, 6.45) is 14.0. The first kappa shape index (κ1) is 20.9. The van der Waals surface area contributed by atoms with E-state index in [1.807, 2.05) is 6.08 Å². The van der Waals surface area contributed by atoms with Crippen molar-refractivity contribution >= 4 is 11.8 Å². The number of ketones is 1. The third kappa shape index (κ3) is 8.62. The van der Waals surface area contributed by atoms with Crippen LogP contribution in [-0.2, 0) is 9.59 Å². The molecule has 4 nitrogen and oxygen atoms in total. The van der Waals surface area contributed by atoms with Gasteiger partial charge in [-0.05, 0) is 31.6 Å². The van der Waals surface area contributed by atoms with Gasteiger partial charge >= 0.3 is 5.97 Å². The molecule has 0 saturated heterocycles. The van der Waals surface area contributed by atoms with E-state index in [-0.39, 0.29) is 24.4 Å². The van der Waals surface area contributed by atoms with E-state index in [0.29, 0.717) is 12.2 Å². The highest BCUT2D eigenvalue weighted by Gasteiger charge is 2.32. The number of hydrogen-bond donors (Lipinski definition) is 2. The summed E-state index contributed by atoms with van der Waals surface area (Å²) in [5.41, 5.74) is 0. The molecule has 1 fully saturated rings. The molecule has 0 aromatic heterocycles. The quantitative estimate of drug-likeness (QED) is 0.383.